The molecule has 0 amide bonds. The summed E-state index contributed by atoms with van der Waals surface area (Å²) in [7, 11) is 3.23. The first kappa shape index (κ1) is 14.8. The van der Waals surface area contributed by atoms with E-state index in [4.69, 9.17) is 9.47 Å². The standard InChI is InChI=1S/C13H13IN2O4/c1-4-20-13(18)8-6-16(2)11-7(10(8)17)5-9(14)12(15-11)19-3/h5-6H,4H2,1-3H3. The number of aryl methyl sites for hydroxylation is 1. The Bertz CT molecular complexity index is 739. The fourth-order valence-electron chi connectivity index (χ4n) is 1.85. The fourth-order valence-corrected chi connectivity index (χ4v) is 2.51. The zero-order valence-corrected chi connectivity index (χ0v) is 13.4. The molecule has 2 aromatic rings. The Morgan fingerprint density at radius 3 is 2.80 bits per heavy atom. The van der Waals surface area contributed by atoms with E-state index >= 15 is 0 Å². The number of nitrogens with zero attached hydrogens (tertiary/aromatic N) is 2. The molecule has 2 rings (SSSR count). The van der Waals surface area contributed by atoms with Crippen molar-refractivity contribution in [2.75, 3.05) is 13.7 Å². The number of fused-ring (bicyclic) bond motifs is 1. The molecule has 7 heteroatoms. The highest BCUT2D eigenvalue weighted by Gasteiger charge is 2.17. The van der Waals surface area contributed by atoms with Crippen LogP contribution < -0.4 is 10.2 Å². The van der Waals surface area contributed by atoms with Crippen LogP contribution in [0.5, 0.6) is 5.88 Å². The molecule has 0 atom stereocenters. The largest absolute Gasteiger partial charge is 0.480 e. The lowest BCUT2D eigenvalue weighted by atomic mass is 10.2. The van der Waals surface area contributed by atoms with Crippen molar-refractivity contribution in [3.8, 4) is 5.88 Å². The number of hydrogen-bond acceptors (Lipinski definition) is 5. The van der Waals surface area contributed by atoms with Gasteiger partial charge in [-0.3, -0.25) is 4.79 Å². The molecular weight excluding hydrogens is 375 g/mol. The molecule has 20 heavy (non-hydrogen) atoms. The van der Waals surface area contributed by atoms with E-state index in [1.807, 2.05) is 22.6 Å². The number of carbonyl (C=O) groups excluding carboxylic acids is 1. The van der Waals surface area contributed by atoms with Gasteiger partial charge in [-0.05, 0) is 35.6 Å². The number of aromatic nitrogens is 2. The zero-order valence-electron chi connectivity index (χ0n) is 11.3. The van der Waals surface area contributed by atoms with Crippen molar-refractivity contribution in [1.29, 1.82) is 0 Å². The van der Waals surface area contributed by atoms with Crippen molar-refractivity contribution in [3.63, 3.8) is 0 Å². The third kappa shape index (κ3) is 2.49. The summed E-state index contributed by atoms with van der Waals surface area (Å²) in [6.07, 6.45) is 1.43. The smallest absolute Gasteiger partial charge is 0.343 e. The summed E-state index contributed by atoms with van der Waals surface area (Å²) >= 11 is 2.03. The first-order valence-corrected chi connectivity index (χ1v) is 6.98. The van der Waals surface area contributed by atoms with Gasteiger partial charge in [0.05, 0.1) is 22.7 Å². The summed E-state index contributed by atoms with van der Waals surface area (Å²) in [4.78, 5) is 28.4. The Balaban J connectivity index is 2.76. The summed E-state index contributed by atoms with van der Waals surface area (Å²) in [5.74, 6) is -0.183. The summed E-state index contributed by atoms with van der Waals surface area (Å²) < 4.78 is 12.3. The first-order chi connectivity index (χ1) is 9.49. The number of esters is 1. The highest BCUT2D eigenvalue weighted by Crippen LogP contribution is 2.22. The minimum atomic E-state index is -0.624. The third-order valence-electron chi connectivity index (χ3n) is 2.76. The molecule has 6 nitrogen and oxygen atoms in total. The Morgan fingerprint density at radius 2 is 2.20 bits per heavy atom. The number of ether oxygens (including phenoxy) is 2. The number of rotatable bonds is 3. The van der Waals surface area contributed by atoms with Crippen molar-refractivity contribution < 1.29 is 14.3 Å². The van der Waals surface area contributed by atoms with E-state index in [0.717, 1.165) is 0 Å². The average molecular weight is 388 g/mol. The van der Waals surface area contributed by atoms with E-state index < -0.39 is 5.97 Å². The van der Waals surface area contributed by atoms with Crippen LogP contribution >= 0.6 is 22.6 Å². The second-order valence-corrected chi connectivity index (χ2v) is 5.22. The van der Waals surface area contributed by atoms with Crippen molar-refractivity contribution in [2.45, 2.75) is 6.92 Å². The molecule has 0 spiro atoms. The molecule has 0 aromatic carbocycles. The molecule has 0 fully saturated rings. The Morgan fingerprint density at radius 1 is 1.50 bits per heavy atom. The molecule has 0 N–H and O–H groups in total. The van der Waals surface area contributed by atoms with E-state index in [0.29, 0.717) is 20.5 Å². The van der Waals surface area contributed by atoms with Gasteiger partial charge in [-0.2, -0.15) is 4.98 Å². The van der Waals surface area contributed by atoms with Crippen molar-refractivity contribution in [1.82, 2.24) is 9.55 Å². The number of pyridine rings is 2. The maximum Gasteiger partial charge on any atom is 0.343 e. The molecule has 0 aliphatic rings. The van der Waals surface area contributed by atoms with Gasteiger partial charge in [0.25, 0.3) is 0 Å². The van der Waals surface area contributed by atoms with Crippen LogP contribution in [-0.2, 0) is 11.8 Å². The lowest BCUT2D eigenvalue weighted by molar-refractivity contribution is 0.0524. The molecule has 0 bridgehead atoms. The van der Waals surface area contributed by atoms with Gasteiger partial charge in [0, 0.05) is 13.2 Å². The van der Waals surface area contributed by atoms with Crippen molar-refractivity contribution >= 4 is 39.6 Å². The molecule has 0 unspecified atom stereocenters. The first-order valence-electron chi connectivity index (χ1n) is 5.90. The molecule has 2 aromatic heterocycles. The average Bonchev–Trinajstić information content (AvgIpc) is 2.42. The quantitative estimate of drug-likeness (QED) is 0.592. The van der Waals surface area contributed by atoms with Crippen molar-refractivity contribution in [3.05, 3.63) is 31.6 Å². The van der Waals surface area contributed by atoms with Crippen LogP contribution in [0.25, 0.3) is 11.0 Å². The maximum absolute atomic E-state index is 12.4. The zero-order chi connectivity index (χ0) is 14.9. The van der Waals surface area contributed by atoms with E-state index in [-0.39, 0.29) is 17.6 Å². The topological polar surface area (TPSA) is 70.4 Å². The summed E-state index contributed by atoms with van der Waals surface area (Å²) in [5.41, 5.74) is 0.0783. The Hall–Kier alpha value is -1.64. The summed E-state index contributed by atoms with van der Waals surface area (Å²) in [6.45, 7) is 1.91. The lowest BCUT2D eigenvalue weighted by Gasteiger charge is -2.10. The van der Waals surface area contributed by atoms with Crippen LogP contribution in [0.15, 0.2) is 17.1 Å². The Labute approximate surface area is 128 Å². The predicted molar refractivity (Wildman–Crippen MR) is 82.2 cm³/mol. The second-order valence-electron chi connectivity index (χ2n) is 4.05. The van der Waals surface area contributed by atoms with Crippen LogP contribution in [0.1, 0.15) is 17.3 Å². The van der Waals surface area contributed by atoms with Crippen LogP contribution in [-0.4, -0.2) is 29.2 Å². The molecule has 0 saturated heterocycles. The third-order valence-corrected chi connectivity index (χ3v) is 3.53. The van der Waals surface area contributed by atoms with Gasteiger partial charge in [0.2, 0.25) is 11.3 Å². The summed E-state index contributed by atoms with van der Waals surface area (Å²) in [6, 6.07) is 1.66. The van der Waals surface area contributed by atoms with Crippen LogP contribution in [0, 0.1) is 3.57 Å². The van der Waals surface area contributed by atoms with Gasteiger partial charge in [0.15, 0.2) is 0 Å². The molecule has 106 valence electrons. The lowest BCUT2D eigenvalue weighted by Crippen LogP contribution is -2.21. The molecule has 0 aliphatic carbocycles. The predicted octanol–water partition coefficient (Wildman–Crippen LogP) is 1.72. The van der Waals surface area contributed by atoms with Gasteiger partial charge in [-0.25, -0.2) is 4.79 Å². The number of hydrogen-bond donors (Lipinski definition) is 0. The van der Waals surface area contributed by atoms with E-state index in [9.17, 15) is 9.59 Å². The normalized spacial score (nSPS) is 10.6. The van der Waals surface area contributed by atoms with Crippen LogP contribution in [0.2, 0.25) is 0 Å². The second kappa shape index (κ2) is 5.78. The number of halogens is 1. The van der Waals surface area contributed by atoms with E-state index in [2.05, 4.69) is 4.98 Å². The van der Waals surface area contributed by atoms with Gasteiger partial charge >= 0.3 is 5.97 Å². The number of methoxy groups -OCH3 is 1. The van der Waals surface area contributed by atoms with Gasteiger partial charge in [-0.15, -0.1) is 0 Å². The van der Waals surface area contributed by atoms with Crippen LogP contribution in [0.4, 0.5) is 0 Å². The molecule has 2 heterocycles. The van der Waals surface area contributed by atoms with Crippen LogP contribution in [0.3, 0.4) is 0 Å². The highest BCUT2D eigenvalue weighted by atomic mass is 127. The molecule has 0 radical (unpaired) electrons. The molecule has 0 aliphatic heterocycles. The van der Waals surface area contributed by atoms with Gasteiger partial charge < -0.3 is 14.0 Å². The monoisotopic (exact) mass is 388 g/mol. The minimum absolute atomic E-state index is 0.00427. The highest BCUT2D eigenvalue weighted by molar-refractivity contribution is 14.1. The van der Waals surface area contributed by atoms with Gasteiger partial charge in [-0.1, -0.05) is 0 Å². The Kier molecular flexibility index (Phi) is 4.26. The summed E-state index contributed by atoms with van der Waals surface area (Å²) in [5, 5.41) is 0.364. The number of carbonyl (C=O) groups is 1. The van der Waals surface area contributed by atoms with Crippen molar-refractivity contribution in [2.24, 2.45) is 7.05 Å². The van der Waals surface area contributed by atoms with Gasteiger partial charge in [0.1, 0.15) is 11.2 Å². The SMILES string of the molecule is CCOC(=O)c1cn(C)c2nc(OC)c(I)cc2c1=O. The minimum Gasteiger partial charge on any atom is -0.480 e. The van der Waals surface area contributed by atoms with E-state index in [1.165, 1.54) is 13.3 Å². The molecule has 0 saturated carbocycles. The van der Waals surface area contributed by atoms with E-state index in [1.54, 1.807) is 24.6 Å². The fraction of sp³-hybridized carbons (Fsp3) is 0.308. The molecular formula is C13H13IN2O4. The maximum atomic E-state index is 12.4.